The molecule has 0 saturated carbocycles. The molecule has 0 aromatic heterocycles. The van der Waals surface area contributed by atoms with Crippen LogP contribution >= 0.6 is 0 Å². The summed E-state index contributed by atoms with van der Waals surface area (Å²) in [6.07, 6.45) is 0. The van der Waals surface area contributed by atoms with Gasteiger partial charge in [-0.05, 0) is 0 Å². The standard InChI is InChI=1S/CH2O2.Cs.K.H/c2-1-3;;;/h1H,(H,2,3);;;/q;2*+1;-1/p-1. The summed E-state index contributed by atoms with van der Waals surface area (Å²) in [5.74, 6) is 0. The summed E-state index contributed by atoms with van der Waals surface area (Å²) in [4.78, 5) is 8.25. The van der Waals surface area contributed by atoms with Gasteiger partial charge in [0.1, 0.15) is 0 Å². The summed E-state index contributed by atoms with van der Waals surface area (Å²) in [6, 6.07) is 0. The molecule has 2 nitrogen and oxygen atoms in total. The van der Waals surface area contributed by atoms with Gasteiger partial charge in [0.05, 0.1) is 0 Å². The second kappa shape index (κ2) is 15.7. The third kappa shape index (κ3) is 19.1. The third-order valence-corrected chi connectivity index (χ3v) is 0. The molecule has 0 radical (unpaired) electrons. The summed E-state index contributed by atoms with van der Waals surface area (Å²) in [5.41, 5.74) is 0. The molecule has 0 N–H and O–H groups in total. The fourth-order valence-corrected chi connectivity index (χ4v) is 0. The van der Waals surface area contributed by atoms with E-state index >= 15 is 0 Å². The smallest absolute Gasteiger partial charge is 1.00 e. The molecule has 0 amide bonds. The van der Waals surface area contributed by atoms with E-state index in [-0.39, 0.29) is 122 Å². The summed E-state index contributed by atoms with van der Waals surface area (Å²) in [5, 5.41) is 8.25. The van der Waals surface area contributed by atoms with E-state index in [9.17, 15) is 0 Å². The number of hydrogen-bond donors (Lipinski definition) is 0. The fraction of sp³-hybridized carbons (Fsp3) is 0. The summed E-state index contributed by atoms with van der Waals surface area (Å²) >= 11 is 0. The Morgan fingerprint density at radius 2 is 1.80 bits per heavy atom. The fourth-order valence-electron chi connectivity index (χ4n) is 0. The number of carbonyl (C=O) groups is 1. The molecule has 0 aliphatic heterocycles. The topological polar surface area (TPSA) is 40.1 Å². The molecule has 0 rings (SSSR count). The minimum Gasteiger partial charge on any atom is -1.00 e. The monoisotopic (exact) mass is 218 g/mol. The van der Waals surface area contributed by atoms with Crippen LogP contribution in [0.1, 0.15) is 1.43 Å². The van der Waals surface area contributed by atoms with Crippen LogP contribution in [0.2, 0.25) is 0 Å². The first-order chi connectivity index (χ1) is 1.41. The van der Waals surface area contributed by atoms with E-state index in [0.717, 1.165) is 0 Å². The Balaban J connectivity index is -0.00000000667. The molecule has 0 heterocycles. The number of hydrogen-bond acceptors (Lipinski definition) is 2. The van der Waals surface area contributed by atoms with Gasteiger partial charge in [0.25, 0.3) is 0 Å². The van der Waals surface area contributed by atoms with Crippen LogP contribution in [0.25, 0.3) is 0 Å². The first kappa shape index (κ1) is 15.7. The van der Waals surface area contributed by atoms with Gasteiger partial charge in [-0.2, -0.15) is 0 Å². The Morgan fingerprint density at radius 3 is 1.80 bits per heavy atom. The molecule has 4 heteroatoms. The van der Waals surface area contributed by atoms with Gasteiger partial charge in [-0.3, -0.25) is 0 Å². The van der Waals surface area contributed by atoms with Crippen molar-refractivity contribution in [3.8, 4) is 0 Å². The van der Waals surface area contributed by atoms with Crippen LogP contribution in [0.15, 0.2) is 0 Å². The molecule has 0 saturated heterocycles. The molecular weight excluding hydrogens is 216 g/mol. The van der Waals surface area contributed by atoms with E-state index in [0.29, 0.717) is 0 Å². The zero-order valence-corrected chi connectivity index (χ0v) is 12.8. The summed E-state index contributed by atoms with van der Waals surface area (Å²) < 4.78 is 0. The Bertz CT molecular complexity index is 21.0. The minimum atomic E-state index is -0.500. The Morgan fingerprint density at radius 1 is 1.80 bits per heavy atom. The second-order valence-corrected chi connectivity index (χ2v) is 0.0962. The van der Waals surface area contributed by atoms with Crippen LogP contribution < -0.4 is 125 Å². The van der Waals surface area contributed by atoms with E-state index in [1.54, 1.807) is 0 Å². The van der Waals surface area contributed by atoms with Crippen molar-refractivity contribution >= 4 is 6.47 Å². The maximum Gasteiger partial charge on any atom is 1.00 e. The Labute approximate surface area is 133 Å². The molecule has 0 aromatic rings. The molecule has 0 unspecified atom stereocenters. The molecule has 0 fully saturated rings. The summed E-state index contributed by atoms with van der Waals surface area (Å²) in [7, 11) is 0. The number of carboxylic acid groups (broad SMARTS) is 1. The van der Waals surface area contributed by atoms with Gasteiger partial charge in [-0.15, -0.1) is 0 Å². The van der Waals surface area contributed by atoms with Crippen molar-refractivity contribution in [3.05, 3.63) is 0 Å². The van der Waals surface area contributed by atoms with Gasteiger partial charge in [0.2, 0.25) is 0 Å². The largest absolute Gasteiger partial charge is 1.00 e. The first-order valence-electron chi connectivity index (χ1n) is 0.471. The van der Waals surface area contributed by atoms with Gasteiger partial charge in [-0.1, -0.05) is 0 Å². The quantitative estimate of drug-likeness (QED) is 0.299. The van der Waals surface area contributed by atoms with E-state index in [4.69, 9.17) is 9.90 Å². The van der Waals surface area contributed by atoms with E-state index in [1.807, 2.05) is 0 Å². The van der Waals surface area contributed by atoms with E-state index in [1.165, 1.54) is 0 Å². The Kier molecular flexibility index (Phi) is 49.3. The van der Waals surface area contributed by atoms with Crippen LogP contribution in [-0.2, 0) is 4.79 Å². The molecule has 0 spiro atoms. The second-order valence-electron chi connectivity index (χ2n) is 0.0962. The SMILES string of the molecule is O=C[O-].[Cs+].[H-].[K+]. The molecule has 0 atom stereocenters. The van der Waals surface area contributed by atoms with Crippen LogP contribution in [0.4, 0.5) is 0 Å². The molecular formula is CH2CsKO2. The number of rotatable bonds is 0. The van der Waals surface area contributed by atoms with E-state index in [2.05, 4.69) is 0 Å². The van der Waals surface area contributed by atoms with Gasteiger partial charge in [0.15, 0.2) is 0 Å². The van der Waals surface area contributed by atoms with Crippen molar-refractivity contribution in [3.63, 3.8) is 0 Å². The molecule has 0 bridgehead atoms. The molecule has 0 aliphatic rings. The summed E-state index contributed by atoms with van der Waals surface area (Å²) in [6.45, 7) is -0.500. The van der Waals surface area contributed by atoms with Crippen molar-refractivity contribution in [2.75, 3.05) is 0 Å². The molecule has 0 aromatic carbocycles. The molecule has 0 aliphatic carbocycles. The zero-order valence-electron chi connectivity index (χ0n) is 4.39. The van der Waals surface area contributed by atoms with Gasteiger partial charge >= 0.3 is 120 Å². The predicted octanol–water partition coefficient (Wildman–Crippen LogP) is -7.51. The van der Waals surface area contributed by atoms with Gasteiger partial charge < -0.3 is 11.3 Å². The van der Waals surface area contributed by atoms with Crippen LogP contribution in [-0.4, -0.2) is 6.47 Å². The van der Waals surface area contributed by atoms with Crippen LogP contribution in [0.3, 0.4) is 0 Å². The maximum atomic E-state index is 8.25. The van der Waals surface area contributed by atoms with Crippen molar-refractivity contribution in [2.45, 2.75) is 0 Å². The minimum absolute atomic E-state index is 0. The van der Waals surface area contributed by atoms with Crippen LogP contribution in [0, 0.1) is 0 Å². The average Bonchev–Trinajstić information content (AvgIpc) is 0.918. The average molecular weight is 218 g/mol. The molecule has 5 heavy (non-hydrogen) atoms. The zero-order chi connectivity index (χ0) is 2.71. The van der Waals surface area contributed by atoms with Crippen LogP contribution in [0.5, 0.6) is 0 Å². The van der Waals surface area contributed by atoms with Crippen molar-refractivity contribution in [1.29, 1.82) is 0 Å². The van der Waals surface area contributed by atoms with Gasteiger partial charge in [-0.25, -0.2) is 0 Å². The Hall–Kier alpha value is 3.16. The van der Waals surface area contributed by atoms with Crippen molar-refractivity contribution in [1.82, 2.24) is 0 Å². The van der Waals surface area contributed by atoms with Gasteiger partial charge in [0, 0.05) is 6.47 Å². The normalized spacial score (nSPS) is 2.40. The third-order valence-electron chi connectivity index (χ3n) is 0. The number of carbonyl (C=O) groups excluding carboxylic acids is 1. The first-order valence-corrected chi connectivity index (χ1v) is 0.471. The van der Waals surface area contributed by atoms with E-state index < -0.39 is 6.47 Å². The van der Waals surface area contributed by atoms with Crippen molar-refractivity contribution in [2.24, 2.45) is 0 Å². The molecule has 20 valence electrons. The van der Waals surface area contributed by atoms with Crippen molar-refractivity contribution < 1.29 is 132 Å². The predicted molar refractivity (Wildman–Crippen MR) is 7.18 cm³/mol. The maximum absolute atomic E-state index is 8.25.